The first-order valence-electron chi connectivity index (χ1n) is 11.1. The van der Waals surface area contributed by atoms with Crippen LogP contribution in [0, 0.1) is 0 Å². The van der Waals surface area contributed by atoms with E-state index in [1.54, 1.807) is 19.0 Å². The van der Waals surface area contributed by atoms with Crippen LogP contribution in [0.5, 0.6) is 5.75 Å². The molecule has 3 rings (SSSR count). The minimum atomic E-state index is -0.0162. The lowest BCUT2D eigenvalue weighted by Gasteiger charge is -2.33. The Labute approximate surface area is 180 Å². The maximum atomic E-state index is 12.1. The lowest BCUT2D eigenvalue weighted by Crippen LogP contribution is -2.47. The van der Waals surface area contributed by atoms with Gasteiger partial charge in [-0.1, -0.05) is 18.2 Å². The zero-order valence-electron chi connectivity index (χ0n) is 18.7. The van der Waals surface area contributed by atoms with E-state index in [4.69, 9.17) is 9.47 Å². The third kappa shape index (κ3) is 6.36. The van der Waals surface area contributed by atoms with Crippen molar-refractivity contribution in [2.24, 2.45) is 4.99 Å². The van der Waals surface area contributed by atoms with Crippen molar-refractivity contribution in [1.82, 2.24) is 15.5 Å². The van der Waals surface area contributed by atoms with Gasteiger partial charge in [0.05, 0.1) is 24.9 Å². The maximum absolute atomic E-state index is 12.1. The van der Waals surface area contributed by atoms with Crippen LogP contribution in [0.4, 0.5) is 0 Å². The van der Waals surface area contributed by atoms with Gasteiger partial charge < -0.3 is 25.0 Å². The number of para-hydroxylation sites is 1. The molecule has 2 aliphatic rings. The monoisotopic (exact) mass is 416 g/mol. The van der Waals surface area contributed by atoms with Crippen LogP contribution in [-0.2, 0) is 9.53 Å². The predicted octanol–water partition coefficient (Wildman–Crippen LogP) is 2.87. The quantitative estimate of drug-likeness (QED) is 0.551. The molecule has 1 amide bonds. The van der Waals surface area contributed by atoms with Crippen molar-refractivity contribution in [3.63, 3.8) is 0 Å². The molecule has 0 spiro atoms. The number of benzene rings is 1. The summed E-state index contributed by atoms with van der Waals surface area (Å²) in [7, 11) is 3.51. The minimum Gasteiger partial charge on any atom is -0.493 e. The van der Waals surface area contributed by atoms with Gasteiger partial charge in [0.1, 0.15) is 12.3 Å². The van der Waals surface area contributed by atoms with Crippen molar-refractivity contribution >= 4 is 11.9 Å². The molecule has 1 aliphatic carbocycles. The molecule has 0 saturated heterocycles. The molecule has 1 saturated carbocycles. The highest BCUT2D eigenvalue weighted by Crippen LogP contribution is 2.31. The van der Waals surface area contributed by atoms with Crippen LogP contribution in [-0.4, -0.2) is 62.3 Å². The molecular weight excluding hydrogens is 380 g/mol. The minimum absolute atomic E-state index is 0.0162. The Bertz CT molecular complexity index is 727. The van der Waals surface area contributed by atoms with Gasteiger partial charge in [0.15, 0.2) is 5.96 Å². The molecule has 1 heterocycles. The first-order valence-corrected chi connectivity index (χ1v) is 11.1. The number of nitrogens with zero attached hydrogens (tertiary/aromatic N) is 2. The summed E-state index contributed by atoms with van der Waals surface area (Å²) in [6.07, 6.45) is 5.61. The molecule has 1 aromatic rings. The topological polar surface area (TPSA) is 75.2 Å². The highest BCUT2D eigenvalue weighted by atomic mass is 16.5. The highest BCUT2D eigenvalue weighted by molar-refractivity contribution is 5.85. The Morgan fingerprint density at radius 1 is 1.17 bits per heavy atom. The molecule has 2 N–H and O–H groups in total. The molecule has 7 heteroatoms. The van der Waals surface area contributed by atoms with E-state index < -0.39 is 0 Å². The number of fused-ring (bicyclic) bond motifs is 1. The molecule has 1 atom stereocenters. The van der Waals surface area contributed by atoms with Gasteiger partial charge in [-0.25, -0.2) is 4.99 Å². The van der Waals surface area contributed by atoms with Crippen LogP contribution in [0.25, 0.3) is 0 Å². The van der Waals surface area contributed by atoms with Crippen molar-refractivity contribution < 1.29 is 14.3 Å². The first kappa shape index (κ1) is 22.4. The Morgan fingerprint density at radius 3 is 2.60 bits per heavy atom. The van der Waals surface area contributed by atoms with Gasteiger partial charge in [0.2, 0.25) is 5.91 Å². The molecule has 7 nitrogen and oxygen atoms in total. The zero-order chi connectivity index (χ0) is 21.5. The van der Waals surface area contributed by atoms with Gasteiger partial charge in [-0.05, 0) is 45.6 Å². The van der Waals surface area contributed by atoms with Crippen molar-refractivity contribution in [1.29, 1.82) is 0 Å². The number of carbonyl (C=O) groups is 1. The molecular formula is C23H36N4O3. The number of rotatable bonds is 6. The molecule has 30 heavy (non-hydrogen) atoms. The SMILES string of the molecule is CC(C)OC1CCC(NC(=NCC(=O)N(C)C)NC2CCOc3ccccc32)CC1. The lowest BCUT2D eigenvalue weighted by atomic mass is 9.93. The van der Waals surface area contributed by atoms with E-state index in [1.165, 1.54) is 0 Å². The van der Waals surface area contributed by atoms with Gasteiger partial charge in [-0.3, -0.25) is 4.79 Å². The molecule has 0 aromatic heterocycles. The number of likely N-dealkylation sites (N-methyl/N-ethyl adjacent to an activating group) is 1. The van der Waals surface area contributed by atoms with E-state index in [9.17, 15) is 4.79 Å². The number of nitrogens with one attached hydrogen (secondary N) is 2. The molecule has 0 bridgehead atoms. The smallest absolute Gasteiger partial charge is 0.243 e. The second-order valence-corrected chi connectivity index (χ2v) is 8.63. The summed E-state index contributed by atoms with van der Waals surface area (Å²) in [6, 6.07) is 8.53. The normalized spacial score (nSPS) is 24.0. The van der Waals surface area contributed by atoms with Gasteiger partial charge >= 0.3 is 0 Å². The van der Waals surface area contributed by atoms with Crippen LogP contribution in [0.1, 0.15) is 57.6 Å². The number of guanidine groups is 1. The molecule has 1 aliphatic heterocycles. The molecule has 0 radical (unpaired) electrons. The number of aliphatic imine (C=N–C) groups is 1. The molecule has 166 valence electrons. The summed E-state index contributed by atoms with van der Waals surface area (Å²) in [5, 5.41) is 7.13. The van der Waals surface area contributed by atoms with Crippen molar-refractivity contribution in [3.8, 4) is 5.75 Å². The van der Waals surface area contributed by atoms with E-state index >= 15 is 0 Å². The summed E-state index contributed by atoms with van der Waals surface area (Å²) >= 11 is 0. The fraction of sp³-hybridized carbons (Fsp3) is 0.652. The summed E-state index contributed by atoms with van der Waals surface area (Å²) in [5.74, 6) is 1.59. The van der Waals surface area contributed by atoms with Crippen molar-refractivity contribution in [2.45, 2.75) is 70.2 Å². The number of hydrogen-bond donors (Lipinski definition) is 2. The average Bonchev–Trinajstić information content (AvgIpc) is 2.73. The second kappa shape index (κ2) is 10.7. The summed E-state index contributed by atoms with van der Waals surface area (Å²) in [4.78, 5) is 18.3. The first-order chi connectivity index (χ1) is 14.4. The van der Waals surface area contributed by atoms with E-state index in [0.717, 1.165) is 43.4 Å². The number of hydrogen-bond acceptors (Lipinski definition) is 4. The highest BCUT2D eigenvalue weighted by Gasteiger charge is 2.26. The largest absolute Gasteiger partial charge is 0.493 e. The Kier molecular flexibility index (Phi) is 7.96. The van der Waals surface area contributed by atoms with Crippen LogP contribution in [0.3, 0.4) is 0 Å². The fourth-order valence-corrected chi connectivity index (χ4v) is 4.00. The number of amides is 1. The summed E-state index contributed by atoms with van der Waals surface area (Å²) in [6.45, 7) is 4.97. The lowest BCUT2D eigenvalue weighted by molar-refractivity contribution is -0.127. The number of ether oxygens (including phenoxy) is 2. The Balaban J connectivity index is 1.66. The van der Waals surface area contributed by atoms with Gasteiger partial charge in [0, 0.05) is 32.1 Å². The molecule has 1 unspecified atom stereocenters. The van der Waals surface area contributed by atoms with E-state index in [1.807, 2.05) is 18.2 Å². The molecule has 1 aromatic carbocycles. The summed E-state index contributed by atoms with van der Waals surface area (Å²) in [5.41, 5.74) is 1.13. The van der Waals surface area contributed by atoms with Crippen molar-refractivity contribution in [2.75, 3.05) is 27.2 Å². The van der Waals surface area contributed by atoms with E-state index in [2.05, 4.69) is 35.5 Å². The van der Waals surface area contributed by atoms with Gasteiger partial charge in [-0.2, -0.15) is 0 Å². The fourth-order valence-electron chi connectivity index (χ4n) is 4.00. The standard InChI is InChI=1S/C23H36N4O3/c1-16(2)30-18-11-9-17(10-12-18)25-23(24-15-22(28)27(3)4)26-20-13-14-29-21-8-6-5-7-19(20)21/h5-8,16-18,20H,9-15H2,1-4H3,(H2,24,25,26). The van der Waals surface area contributed by atoms with Crippen LogP contribution in [0.15, 0.2) is 29.3 Å². The maximum Gasteiger partial charge on any atom is 0.243 e. The third-order valence-corrected chi connectivity index (χ3v) is 5.62. The Morgan fingerprint density at radius 2 is 1.90 bits per heavy atom. The zero-order valence-corrected chi connectivity index (χ0v) is 18.7. The van der Waals surface area contributed by atoms with Crippen LogP contribution >= 0.6 is 0 Å². The van der Waals surface area contributed by atoms with Gasteiger partial charge in [0.25, 0.3) is 0 Å². The predicted molar refractivity (Wildman–Crippen MR) is 119 cm³/mol. The Hall–Kier alpha value is -2.28. The van der Waals surface area contributed by atoms with Gasteiger partial charge in [-0.15, -0.1) is 0 Å². The average molecular weight is 417 g/mol. The number of carbonyl (C=O) groups excluding carboxylic acids is 1. The van der Waals surface area contributed by atoms with Crippen LogP contribution < -0.4 is 15.4 Å². The van der Waals surface area contributed by atoms with Crippen molar-refractivity contribution in [3.05, 3.63) is 29.8 Å². The summed E-state index contributed by atoms with van der Waals surface area (Å²) < 4.78 is 11.8. The molecule has 1 fully saturated rings. The second-order valence-electron chi connectivity index (χ2n) is 8.63. The van der Waals surface area contributed by atoms with E-state index in [0.29, 0.717) is 24.7 Å². The van der Waals surface area contributed by atoms with E-state index in [-0.39, 0.29) is 24.6 Å². The third-order valence-electron chi connectivity index (χ3n) is 5.62. The van der Waals surface area contributed by atoms with Crippen LogP contribution in [0.2, 0.25) is 0 Å².